The maximum absolute atomic E-state index is 12.5. The Morgan fingerprint density at radius 1 is 0.970 bits per heavy atom. The van der Waals surface area contributed by atoms with E-state index in [0.29, 0.717) is 11.4 Å². The Kier molecular flexibility index (Phi) is 8.31. The van der Waals surface area contributed by atoms with Crippen LogP contribution in [0.5, 0.6) is 5.75 Å². The molecule has 33 heavy (non-hydrogen) atoms. The summed E-state index contributed by atoms with van der Waals surface area (Å²) in [5.74, 6) is 0.235. The number of methoxy groups -OCH3 is 1. The van der Waals surface area contributed by atoms with Gasteiger partial charge in [0.15, 0.2) is 5.11 Å². The molecule has 9 heteroatoms. The molecule has 3 rings (SSSR count). The van der Waals surface area contributed by atoms with E-state index < -0.39 is 15.9 Å². The third kappa shape index (κ3) is 7.25. The van der Waals surface area contributed by atoms with Crippen LogP contribution in [-0.4, -0.2) is 26.5 Å². The summed E-state index contributed by atoms with van der Waals surface area (Å²) in [4.78, 5) is 12.3. The van der Waals surface area contributed by atoms with Crippen LogP contribution in [0.4, 0.5) is 5.69 Å². The van der Waals surface area contributed by atoms with E-state index in [9.17, 15) is 13.2 Å². The van der Waals surface area contributed by atoms with Gasteiger partial charge >= 0.3 is 0 Å². The number of sulfonamides is 1. The molecule has 0 fully saturated rings. The van der Waals surface area contributed by atoms with E-state index in [2.05, 4.69) is 15.4 Å². The molecule has 1 amide bonds. The van der Waals surface area contributed by atoms with Crippen LogP contribution in [0, 0.1) is 0 Å². The highest BCUT2D eigenvalue weighted by molar-refractivity contribution is 7.89. The second-order valence-electron chi connectivity index (χ2n) is 6.85. The first-order valence-electron chi connectivity index (χ1n) is 9.94. The molecule has 0 aromatic heterocycles. The second-order valence-corrected chi connectivity index (χ2v) is 9.03. The number of amides is 1. The lowest BCUT2D eigenvalue weighted by molar-refractivity contribution is -0.115. The number of rotatable bonds is 8. The van der Waals surface area contributed by atoms with Crippen LogP contribution in [-0.2, 0) is 21.4 Å². The minimum atomic E-state index is -3.66. The monoisotopic (exact) mass is 481 g/mol. The van der Waals surface area contributed by atoms with Crippen molar-refractivity contribution in [3.63, 3.8) is 0 Å². The van der Waals surface area contributed by atoms with Gasteiger partial charge in [-0.25, -0.2) is 13.1 Å². The molecule has 3 aromatic carbocycles. The van der Waals surface area contributed by atoms with Crippen molar-refractivity contribution in [3.05, 3.63) is 96.1 Å². The van der Waals surface area contributed by atoms with Gasteiger partial charge in [0.05, 0.1) is 12.0 Å². The number of nitrogens with one attached hydrogen (secondary N) is 3. The second kappa shape index (κ2) is 11.4. The van der Waals surface area contributed by atoms with Gasteiger partial charge in [0, 0.05) is 23.9 Å². The number of hydrogen-bond donors (Lipinski definition) is 3. The number of carbonyl (C=O) groups is 1. The predicted molar refractivity (Wildman–Crippen MR) is 133 cm³/mol. The molecular weight excluding hydrogens is 458 g/mol. The number of ether oxygens (including phenoxy) is 1. The van der Waals surface area contributed by atoms with Gasteiger partial charge in [-0.1, -0.05) is 48.5 Å². The van der Waals surface area contributed by atoms with E-state index in [1.807, 2.05) is 48.5 Å². The minimum Gasteiger partial charge on any atom is -0.496 e. The highest BCUT2D eigenvalue weighted by Crippen LogP contribution is 2.18. The maximum Gasteiger partial charge on any atom is 0.250 e. The fourth-order valence-corrected chi connectivity index (χ4v) is 4.10. The van der Waals surface area contributed by atoms with Gasteiger partial charge in [0.25, 0.3) is 0 Å². The lowest BCUT2D eigenvalue weighted by Gasteiger charge is -2.10. The summed E-state index contributed by atoms with van der Waals surface area (Å²) >= 11 is 5.16. The highest BCUT2D eigenvalue weighted by Gasteiger charge is 2.13. The van der Waals surface area contributed by atoms with Crippen molar-refractivity contribution in [1.82, 2.24) is 10.0 Å². The van der Waals surface area contributed by atoms with E-state index in [1.54, 1.807) is 31.4 Å². The number of para-hydroxylation sites is 1. The summed E-state index contributed by atoms with van der Waals surface area (Å²) in [6, 6.07) is 22.6. The van der Waals surface area contributed by atoms with Crippen LogP contribution in [0.25, 0.3) is 6.08 Å². The van der Waals surface area contributed by atoms with Crippen molar-refractivity contribution in [2.45, 2.75) is 11.4 Å². The molecule has 0 aliphatic carbocycles. The van der Waals surface area contributed by atoms with Crippen LogP contribution in [0.1, 0.15) is 11.1 Å². The minimum absolute atomic E-state index is 0.0856. The number of anilines is 1. The topological polar surface area (TPSA) is 96.5 Å². The normalized spacial score (nSPS) is 11.2. The number of benzene rings is 3. The average Bonchev–Trinajstić information content (AvgIpc) is 2.82. The van der Waals surface area contributed by atoms with E-state index in [0.717, 1.165) is 11.1 Å². The van der Waals surface area contributed by atoms with Crippen molar-refractivity contribution in [2.75, 3.05) is 12.4 Å². The number of hydrogen-bond acceptors (Lipinski definition) is 5. The molecule has 0 spiro atoms. The van der Waals surface area contributed by atoms with Crippen LogP contribution in [0.15, 0.2) is 89.8 Å². The molecule has 3 N–H and O–H groups in total. The molecule has 0 bridgehead atoms. The Balaban J connectivity index is 1.54. The summed E-state index contributed by atoms with van der Waals surface area (Å²) < 4.78 is 32.8. The van der Waals surface area contributed by atoms with Crippen molar-refractivity contribution in [3.8, 4) is 5.75 Å². The Labute approximate surface area is 198 Å². The van der Waals surface area contributed by atoms with Gasteiger partial charge in [-0.3, -0.25) is 10.1 Å². The van der Waals surface area contributed by atoms with Gasteiger partial charge < -0.3 is 10.1 Å². The van der Waals surface area contributed by atoms with Crippen molar-refractivity contribution >= 4 is 45.0 Å². The zero-order chi connectivity index (χ0) is 23.7. The van der Waals surface area contributed by atoms with E-state index in [4.69, 9.17) is 17.0 Å². The van der Waals surface area contributed by atoms with Crippen molar-refractivity contribution < 1.29 is 17.9 Å². The Morgan fingerprint density at radius 2 is 1.64 bits per heavy atom. The largest absolute Gasteiger partial charge is 0.496 e. The fraction of sp³-hybridized carbons (Fsp3) is 0.0833. The smallest absolute Gasteiger partial charge is 0.250 e. The van der Waals surface area contributed by atoms with Gasteiger partial charge in [0.2, 0.25) is 15.9 Å². The number of thiocarbonyl (C=S) groups is 1. The zero-order valence-electron chi connectivity index (χ0n) is 17.8. The molecule has 0 atom stereocenters. The van der Waals surface area contributed by atoms with Crippen molar-refractivity contribution in [2.24, 2.45) is 0 Å². The van der Waals surface area contributed by atoms with Gasteiger partial charge in [0.1, 0.15) is 5.75 Å². The summed E-state index contributed by atoms with van der Waals surface area (Å²) in [6.45, 7) is 0.196. The zero-order valence-corrected chi connectivity index (χ0v) is 19.4. The summed E-state index contributed by atoms with van der Waals surface area (Å²) in [5, 5.41) is 5.48. The molecule has 0 unspecified atom stereocenters. The Morgan fingerprint density at radius 3 is 2.33 bits per heavy atom. The van der Waals surface area contributed by atoms with E-state index in [-0.39, 0.29) is 16.6 Å². The molecule has 0 heterocycles. The molecule has 0 aliphatic rings. The summed E-state index contributed by atoms with van der Waals surface area (Å²) in [7, 11) is -2.10. The average molecular weight is 482 g/mol. The van der Waals surface area contributed by atoms with Crippen LogP contribution >= 0.6 is 12.2 Å². The van der Waals surface area contributed by atoms with Crippen molar-refractivity contribution in [1.29, 1.82) is 0 Å². The molecule has 0 radical (unpaired) electrons. The quantitative estimate of drug-likeness (QED) is 0.335. The summed E-state index contributed by atoms with van der Waals surface area (Å²) in [6.07, 6.45) is 2.97. The molecule has 7 nitrogen and oxygen atoms in total. The molecular formula is C24H23N3O4S2. The molecule has 170 valence electrons. The lowest BCUT2D eigenvalue weighted by Crippen LogP contribution is -2.32. The molecule has 0 saturated heterocycles. The number of carbonyl (C=O) groups excluding carboxylic acids is 1. The molecule has 0 saturated carbocycles. The first-order valence-corrected chi connectivity index (χ1v) is 11.8. The highest BCUT2D eigenvalue weighted by atomic mass is 32.2. The SMILES string of the molecule is COc1ccccc1C=CC(=O)NC(=S)Nc1ccc(S(=O)(=O)NCc2ccccc2)cc1. The fourth-order valence-electron chi connectivity index (χ4n) is 2.86. The van der Waals surface area contributed by atoms with Gasteiger partial charge in [-0.2, -0.15) is 0 Å². The first kappa shape index (κ1) is 24.1. The third-order valence-electron chi connectivity index (χ3n) is 4.52. The van der Waals surface area contributed by atoms with E-state index in [1.165, 1.54) is 18.2 Å². The predicted octanol–water partition coefficient (Wildman–Crippen LogP) is 3.70. The Hall–Kier alpha value is -3.53. The third-order valence-corrected chi connectivity index (χ3v) is 6.14. The van der Waals surface area contributed by atoms with Gasteiger partial charge in [-0.15, -0.1) is 0 Å². The van der Waals surface area contributed by atoms with E-state index >= 15 is 0 Å². The standard InChI is InChI=1S/C24H23N3O4S2/c1-31-22-10-6-5-9-19(22)11-16-23(28)27-24(32)26-20-12-14-21(15-13-20)33(29,30)25-17-18-7-3-2-4-8-18/h2-16,25H,17H2,1H3,(H2,26,27,28,32). The van der Waals surface area contributed by atoms with Gasteiger partial charge in [-0.05, 0) is 54.2 Å². The molecule has 3 aromatic rings. The maximum atomic E-state index is 12.5. The lowest BCUT2D eigenvalue weighted by atomic mass is 10.2. The Bertz CT molecular complexity index is 1240. The van der Waals surface area contributed by atoms with Crippen LogP contribution < -0.4 is 20.1 Å². The summed E-state index contributed by atoms with van der Waals surface area (Å²) in [5.41, 5.74) is 2.16. The first-order chi connectivity index (χ1) is 15.9. The molecule has 0 aliphatic heterocycles. The van der Waals surface area contributed by atoms with Crippen LogP contribution in [0.2, 0.25) is 0 Å². The van der Waals surface area contributed by atoms with Crippen LogP contribution in [0.3, 0.4) is 0 Å².